The summed E-state index contributed by atoms with van der Waals surface area (Å²) >= 11 is 5.72. The first kappa shape index (κ1) is 16.1. The summed E-state index contributed by atoms with van der Waals surface area (Å²) in [5.74, 6) is -0.0233. The number of nitrogens with zero attached hydrogens (tertiary/aromatic N) is 1. The lowest BCUT2D eigenvalue weighted by Crippen LogP contribution is -2.32. The number of sulfonamides is 1. The van der Waals surface area contributed by atoms with E-state index in [4.69, 9.17) is 11.6 Å². The molecule has 7 heteroatoms. The molecular weight excluding hydrogens is 312 g/mol. The molecule has 0 aliphatic carbocycles. The summed E-state index contributed by atoms with van der Waals surface area (Å²) in [4.78, 5) is 11.6. The van der Waals surface area contributed by atoms with Crippen LogP contribution in [0.25, 0.3) is 0 Å². The largest absolute Gasteiger partial charge is 0.348 e. The summed E-state index contributed by atoms with van der Waals surface area (Å²) in [6.45, 7) is 4.00. The normalized spacial score (nSPS) is 20.0. The van der Waals surface area contributed by atoms with Gasteiger partial charge in [-0.2, -0.15) is 0 Å². The maximum Gasteiger partial charge on any atom is 0.238 e. The SMILES string of the molecule is CC(Cl)C(=O)NC(C)c1ccc(N2CCCS2(=O)=O)cc1. The maximum absolute atomic E-state index is 11.9. The van der Waals surface area contributed by atoms with Gasteiger partial charge in [-0.25, -0.2) is 8.42 Å². The average Bonchev–Trinajstić information content (AvgIpc) is 2.78. The number of carbonyl (C=O) groups is 1. The highest BCUT2D eigenvalue weighted by molar-refractivity contribution is 7.93. The molecule has 1 fully saturated rings. The third kappa shape index (κ3) is 3.68. The number of hydrogen-bond acceptors (Lipinski definition) is 3. The van der Waals surface area contributed by atoms with Gasteiger partial charge in [0.15, 0.2) is 0 Å². The number of carbonyl (C=O) groups excluding carboxylic acids is 1. The lowest BCUT2D eigenvalue weighted by Gasteiger charge is -2.19. The van der Waals surface area contributed by atoms with Crippen LogP contribution in [-0.2, 0) is 14.8 Å². The molecular formula is C14H19ClN2O3S. The summed E-state index contributed by atoms with van der Waals surface area (Å²) in [6.07, 6.45) is 0.657. The van der Waals surface area contributed by atoms with E-state index >= 15 is 0 Å². The van der Waals surface area contributed by atoms with Crippen molar-refractivity contribution in [3.63, 3.8) is 0 Å². The Bertz CT molecular complexity index is 614. The van der Waals surface area contributed by atoms with Gasteiger partial charge in [-0.3, -0.25) is 9.10 Å². The average molecular weight is 331 g/mol. The van der Waals surface area contributed by atoms with Crippen LogP contribution in [0, 0.1) is 0 Å². The Kier molecular flexibility index (Phi) is 4.78. The monoisotopic (exact) mass is 330 g/mol. The van der Waals surface area contributed by atoms with Gasteiger partial charge in [0.1, 0.15) is 5.38 Å². The molecule has 21 heavy (non-hydrogen) atoms. The van der Waals surface area contributed by atoms with E-state index in [0.717, 1.165) is 5.56 Å². The van der Waals surface area contributed by atoms with E-state index in [1.54, 1.807) is 19.1 Å². The molecule has 0 aromatic heterocycles. The van der Waals surface area contributed by atoms with Crippen molar-refractivity contribution in [3.05, 3.63) is 29.8 Å². The third-order valence-corrected chi connectivity index (χ3v) is 5.57. The van der Waals surface area contributed by atoms with Crippen LogP contribution in [0.5, 0.6) is 0 Å². The van der Waals surface area contributed by atoms with Crippen molar-refractivity contribution in [2.24, 2.45) is 0 Å². The highest BCUT2D eigenvalue weighted by Gasteiger charge is 2.28. The minimum atomic E-state index is -3.16. The Labute approximate surface area is 130 Å². The van der Waals surface area contributed by atoms with E-state index < -0.39 is 15.4 Å². The number of hydrogen-bond donors (Lipinski definition) is 1. The fourth-order valence-electron chi connectivity index (χ4n) is 2.27. The Hall–Kier alpha value is -1.27. The minimum absolute atomic E-state index is 0.178. The van der Waals surface area contributed by atoms with Crippen LogP contribution in [0.3, 0.4) is 0 Å². The summed E-state index contributed by atoms with van der Waals surface area (Å²) < 4.78 is 25.1. The summed E-state index contributed by atoms with van der Waals surface area (Å²) in [6, 6.07) is 7.01. The molecule has 1 saturated heterocycles. The molecule has 1 amide bonds. The minimum Gasteiger partial charge on any atom is -0.348 e. The second-order valence-electron chi connectivity index (χ2n) is 5.18. The van der Waals surface area contributed by atoms with Crippen molar-refractivity contribution in [2.45, 2.75) is 31.7 Å². The number of amides is 1. The molecule has 1 N–H and O–H groups in total. The Balaban J connectivity index is 2.10. The van der Waals surface area contributed by atoms with Crippen LogP contribution in [0.1, 0.15) is 31.9 Å². The van der Waals surface area contributed by atoms with E-state index in [1.165, 1.54) is 4.31 Å². The van der Waals surface area contributed by atoms with Crippen molar-refractivity contribution >= 4 is 33.2 Å². The Morgan fingerprint density at radius 3 is 2.38 bits per heavy atom. The standard InChI is InChI=1S/C14H19ClN2O3S/c1-10(15)14(18)16-11(2)12-4-6-13(7-5-12)17-8-3-9-21(17,19)20/h4-7,10-11H,3,8-9H2,1-2H3,(H,16,18). The Morgan fingerprint density at radius 1 is 1.29 bits per heavy atom. The smallest absolute Gasteiger partial charge is 0.238 e. The molecule has 1 aromatic carbocycles. The van der Waals surface area contributed by atoms with Crippen molar-refractivity contribution in [3.8, 4) is 0 Å². The maximum atomic E-state index is 11.9. The van der Waals surface area contributed by atoms with Crippen molar-refractivity contribution in [1.82, 2.24) is 5.32 Å². The summed E-state index contributed by atoms with van der Waals surface area (Å²) in [7, 11) is -3.16. The van der Waals surface area contributed by atoms with Gasteiger partial charge >= 0.3 is 0 Å². The predicted molar refractivity (Wildman–Crippen MR) is 84.1 cm³/mol. The molecule has 0 saturated carbocycles. The first-order valence-electron chi connectivity index (χ1n) is 6.86. The number of benzene rings is 1. The van der Waals surface area contributed by atoms with E-state index in [9.17, 15) is 13.2 Å². The fraction of sp³-hybridized carbons (Fsp3) is 0.500. The van der Waals surface area contributed by atoms with Crippen LogP contribution in [0.4, 0.5) is 5.69 Å². The molecule has 0 bridgehead atoms. The number of nitrogens with one attached hydrogen (secondary N) is 1. The first-order valence-corrected chi connectivity index (χ1v) is 8.90. The quantitative estimate of drug-likeness (QED) is 0.859. The lowest BCUT2D eigenvalue weighted by molar-refractivity contribution is -0.121. The summed E-state index contributed by atoms with van der Waals surface area (Å²) in [5.41, 5.74) is 1.57. The highest BCUT2D eigenvalue weighted by atomic mass is 35.5. The van der Waals surface area contributed by atoms with Gasteiger partial charge in [0.25, 0.3) is 0 Å². The van der Waals surface area contributed by atoms with Crippen molar-refractivity contribution < 1.29 is 13.2 Å². The van der Waals surface area contributed by atoms with E-state index in [0.29, 0.717) is 18.7 Å². The van der Waals surface area contributed by atoms with E-state index in [1.807, 2.05) is 19.1 Å². The van der Waals surface area contributed by atoms with Crippen molar-refractivity contribution in [1.29, 1.82) is 0 Å². The zero-order valence-corrected chi connectivity index (χ0v) is 13.6. The number of anilines is 1. The zero-order valence-electron chi connectivity index (χ0n) is 12.0. The molecule has 2 rings (SSSR count). The van der Waals surface area contributed by atoms with Crippen LogP contribution < -0.4 is 9.62 Å². The molecule has 0 radical (unpaired) electrons. The van der Waals surface area contributed by atoms with Gasteiger partial charge in [0.2, 0.25) is 15.9 Å². The van der Waals surface area contributed by atoms with Gasteiger partial charge in [-0.15, -0.1) is 11.6 Å². The molecule has 1 aliphatic heterocycles. The predicted octanol–water partition coefficient (Wildman–Crippen LogP) is 2.03. The van der Waals surface area contributed by atoms with Gasteiger partial charge < -0.3 is 5.32 Å². The molecule has 116 valence electrons. The van der Waals surface area contributed by atoms with Crippen LogP contribution >= 0.6 is 11.6 Å². The number of halogens is 1. The fourth-order valence-corrected chi connectivity index (χ4v) is 3.90. The molecule has 2 unspecified atom stereocenters. The van der Waals surface area contributed by atoms with Crippen molar-refractivity contribution in [2.75, 3.05) is 16.6 Å². The number of alkyl halides is 1. The molecule has 1 heterocycles. The lowest BCUT2D eigenvalue weighted by atomic mass is 10.1. The van der Waals surface area contributed by atoms with Gasteiger partial charge in [0.05, 0.1) is 17.5 Å². The number of rotatable bonds is 4. The summed E-state index contributed by atoms with van der Waals surface area (Å²) in [5, 5.41) is 2.22. The topological polar surface area (TPSA) is 66.5 Å². The zero-order chi connectivity index (χ0) is 15.6. The highest BCUT2D eigenvalue weighted by Crippen LogP contribution is 2.25. The van der Waals surface area contributed by atoms with Crippen LogP contribution in [-0.4, -0.2) is 32.0 Å². The van der Waals surface area contributed by atoms with Gasteiger partial charge in [0, 0.05) is 6.54 Å². The molecule has 1 aromatic rings. The first-order chi connectivity index (χ1) is 9.81. The third-order valence-electron chi connectivity index (χ3n) is 3.50. The van der Waals surface area contributed by atoms with E-state index in [-0.39, 0.29) is 17.7 Å². The second-order valence-corrected chi connectivity index (χ2v) is 7.85. The Morgan fingerprint density at radius 2 is 1.90 bits per heavy atom. The second kappa shape index (κ2) is 6.23. The van der Waals surface area contributed by atoms with Crippen LogP contribution in [0.2, 0.25) is 0 Å². The van der Waals surface area contributed by atoms with Gasteiger partial charge in [-0.1, -0.05) is 12.1 Å². The van der Waals surface area contributed by atoms with Crippen LogP contribution in [0.15, 0.2) is 24.3 Å². The van der Waals surface area contributed by atoms with Gasteiger partial charge in [-0.05, 0) is 38.0 Å². The molecule has 2 atom stereocenters. The molecule has 1 aliphatic rings. The van der Waals surface area contributed by atoms with E-state index in [2.05, 4.69) is 5.32 Å². The molecule has 0 spiro atoms. The molecule has 5 nitrogen and oxygen atoms in total.